The van der Waals surface area contributed by atoms with E-state index in [0.29, 0.717) is 18.1 Å². The van der Waals surface area contributed by atoms with Crippen LogP contribution in [0.5, 0.6) is 11.5 Å². The Morgan fingerprint density at radius 3 is 2.57 bits per heavy atom. The van der Waals surface area contributed by atoms with E-state index in [9.17, 15) is 4.79 Å². The van der Waals surface area contributed by atoms with Crippen molar-refractivity contribution in [2.24, 2.45) is 0 Å². The third-order valence-corrected chi connectivity index (χ3v) is 3.22. The lowest BCUT2D eigenvalue weighted by atomic mass is 10.2. The normalized spacial score (nSPS) is 17.9. The highest BCUT2D eigenvalue weighted by molar-refractivity contribution is 5.87. The molecule has 1 aliphatic rings. The fraction of sp³-hybridized carbons (Fsp3) is 0.438. The van der Waals surface area contributed by atoms with Crippen LogP contribution in [0.4, 0.5) is 0 Å². The maximum absolute atomic E-state index is 11.7. The van der Waals surface area contributed by atoms with Crippen molar-refractivity contribution in [2.75, 3.05) is 27.4 Å². The van der Waals surface area contributed by atoms with Crippen molar-refractivity contribution in [1.82, 2.24) is 0 Å². The topological polar surface area (TPSA) is 54.0 Å². The molecule has 5 heteroatoms. The second kappa shape index (κ2) is 7.69. The molecular weight excluding hydrogens is 272 g/mol. The smallest absolute Gasteiger partial charge is 0.330 e. The fourth-order valence-corrected chi connectivity index (χ4v) is 2.09. The van der Waals surface area contributed by atoms with Crippen molar-refractivity contribution in [3.63, 3.8) is 0 Å². The number of hydrogen-bond donors (Lipinski definition) is 0. The molecule has 1 aromatic carbocycles. The number of benzene rings is 1. The fourth-order valence-electron chi connectivity index (χ4n) is 2.09. The van der Waals surface area contributed by atoms with E-state index in [1.54, 1.807) is 26.4 Å². The van der Waals surface area contributed by atoms with Crippen LogP contribution in [0.15, 0.2) is 24.3 Å². The van der Waals surface area contributed by atoms with E-state index >= 15 is 0 Å². The summed E-state index contributed by atoms with van der Waals surface area (Å²) in [6.45, 7) is 1.06. The summed E-state index contributed by atoms with van der Waals surface area (Å²) < 4.78 is 20.9. The second-order valence-corrected chi connectivity index (χ2v) is 4.74. The summed E-state index contributed by atoms with van der Waals surface area (Å²) in [7, 11) is 3.16. The lowest BCUT2D eigenvalue weighted by Gasteiger charge is -2.08. The molecule has 5 nitrogen and oxygen atoms in total. The molecule has 1 unspecified atom stereocenters. The van der Waals surface area contributed by atoms with Gasteiger partial charge in [-0.15, -0.1) is 0 Å². The molecule has 0 N–H and O–H groups in total. The van der Waals surface area contributed by atoms with Crippen LogP contribution in [0.1, 0.15) is 18.4 Å². The van der Waals surface area contributed by atoms with E-state index in [1.165, 1.54) is 6.08 Å². The van der Waals surface area contributed by atoms with E-state index < -0.39 is 0 Å². The average molecular weight is 292 g/mol. The molecule has 1 atom stereocenters. The number of methoxy groups -OCH3 is 2. The maximum Gasteiger partial charge on any atom is 0.330 e. The van der Waals surface area contributed by atoms with E-state index in [-0.39, 0.29) is 12.1 Å². The van der Waals surface area contributed by atoms with Crippen LogP contribution >= 0.6 is 0 Å². The minimum absolute atomic E-state index is 0.0410. The van der Waals surface area contributed by atoms with Gasteiger partial charge in [-0.3, -0.25) is 0 Å². The van der Waals surface area contributed by atoms with Crippen LogP contribution in [-0.4, -0.2) is 39.5 Å². The molecule has 1 fully saturated rings. The first-order valence-electron chi connectivity index (χ1n) is 6.91. The molecular formula is C16H20O5. The summed E-state index contributed by atoms with van der Waals surface area (Å²) in [5.41, 5.74) is 0.806. The van der Waals surface area contributed by atoms with Crippen molar-refractivity contribution in [3.8, 4) is 11.5 Å². The van der Waals surface area contributed by atoms with Gasteiger partial charge in [0.2, 0.25) is 0 Å². The van der Waals surface area contributed by atoms with Gasteiger partial charge in [0.1, 0.15) is 18.1 Å². The number of esters is 1. The first kappa shape index (κ1) is 15.4. The lowest BCUT2D eigenvalue weighted by Crippen LogP contribution is -2.16. The molecule has 0 amide bonds. The molecule has 1 aromatic rings. The van der Waals surface area contributed by atoms with Crippen molar-refractivity contribution in [3.05, 3.63) is 29.8 Å². The van der Waals surface area contributed by atoms with Gasteiger partial charge in [0.25, 0.3) is 0 Å². The minimum Gasteiger partial charge on any atom is -0.497 e. The van der Waals surface area contributed by atoms with Crippen LogP contribution in [-0.2, 0) is 14.3 Å². The zero-order valence-electron chi connectivity index (χ0n) is 12.3. The van der Waals surface area contributed by atoms with Gasteiger partial charge in [-0.2, -0.15) is 0 Å². The Labute approximate surface area is 124 Å². The number of ether oxygens (including phenoxy) is 4. The minimum atomic E-state index is -0.382. The summed E-state index contributed by atoms with van der Waals surface area (Å²) in [6.07, 6.45) is 5.08. The zero-order chi connectivity index (χ0) is 15.1. The van der Waals surface area contributed by atoms with Crippen molar-refractivity contribution < 1.29 is 23.7 Å². The van der Waals surface area contributed by atoms with Crippen molar-refractivity contribution in [1.29, 1.82) is 0 Å². The van der Waals surface area contributed by atoms with Gasteiger partial charge in [-0.05, 0) is 36.6 Å². The molecule has 0 bridgehead atoms. The SMILES string of the molecule is COc1cc(/C=C/C(=O)OCC2CCCO2)cc(OC)c1. The van der Waals surface area contributed by atoms with Gasteiger partial charge in [-0.25, -0.2) is 4.79 Å². The van der Waals surface area contributed by atoms with Crippen LogP contribution in [0.3, 0.4) is 0 Å². The molecule has 0 spiro atoms. The summed E-state index contributed by atoms with van der Waals surface area (Å²) in [5.74, 6) is 0.954. The highest BCUT2D eigenvalue weighted by Crippen LogP contribution is 2.23. The van der Waals surface area contributed by atoms with Crippen molar-refractivity contribution in [2.45, 2.75) is 18.9 Å². The van der Waals surface area contributed by atoms with Gasteiger partial charge >= 0.3 is 5.97 Å². The third kappa shape index (κ3) is 4.79. The van der Waals surface area contributed by atoms with Crippen LogP contribution in [0, 0.1) is 0 Å². The molecule has 0 aromatic heterocycles. The van der Waals surface area contributed by atoms with Gasteiger partial charge in [0.05, 0.1) is 20.3 Å². The Morgan fingerprint density at radius 2 is 2.00 bits per heavy atom. The van der Waals surface area contributed by atoms with E-state index in [0.717, 1.165) is 25.0 Å². The maximum atomic E-state index is 11.7. The molecule has 0 aliphatic carbocycles. The lowest BCUT2D eigenvalue weighted by molar-refractivity contribution is -0.140. The molecule has 1 saturated heterocycles. The van der Waals surface area contributed by atoms with Crippen molar-refractivity contribution >= 4 is 12.0 Å². The quantitative estimate of drug-likeness (QED) is 0.595. The van der Waals surface area contributed by atoms with E-state index in [1.807, 2.05) is 12.1 Å². The molecule has 1 aliphatic heterocycles. The number of rotatable bonds is 6. The zero-order valence-corrected chi connectivity index (χ0v) is 12.3. The molecule has 2 rings (SSSR count). The second-order valence-electron chi connectivity index (χ2n) is 4.74. The number of carbonyl (C=O) groups excluding carboxylic acids is 1. The highest BCUT2D eigenvalue weighted by Gasteiger charge is 2.16. The highest BCUT2D eigenvalue weighted by atomic mass is 16.6. The molecule has 0 radical (unpaired) electrons. The predicted molar refractivity (Wildman–Crippen MR) is 78.5 cm³/mol. The molecule has 114 valence electrons. The molecule has 21 heavy (non-hydrogen) atoms. The Kier molecular flexibility index (Phi) is 5.63. The third-order valence-electron chi connectivity index (χ3n) is 3.22. The Morgan fingerprint density at radius 1 is 1.29 bits per heavy atom. The monoisotopic (exact) mass is 292 g/mol. The van der Waals surface area contributed by atoms with Crippen LogP contribution < -0.4 is 9.47 Å². The van der Waals surface area contributed by atoms with Crippen LogP contribution in [0.25, 0.3) is 6.08 Å². The summed E-state index contributed by atoms with van der Waals surface area (Å²) in [4.78, 5) is 11.7. The Balaban J connectivity index is 1.91. The largest absolute Gasteiger partial charge is 0.497 e. The standard InChI is InChI=1S/C16H20O5/c1-18-14-8-12(9-15(10-14)19-2)5-6-16(17)21-11-13-4-3-7-20-13/h5-6,8-10,13H,3-4,7,11H2,1-2H3/b6-5+. The molecule has 0 saturated carbocycles. The summed E-state index contributed by atoms with van der Waals surface area (Å²) in [6, 6.07) is 5.39. The summed E-state index contributed by atoms with van der Waals surface area (Å²) >= 11 is 0. The van der Waals surface area contributed by atoms with E-state index in [2.05, 4.69) is 0 Å². The first-order valence-corrected chi connectivity index (χ1v) is 6.91. The molecule has 1 heterocycles. The van der Waals surface area contributed by atoms with Gasteiger partial charge in [0, 0.05) is 18.7 Å². The van der Waals surface area contributed by atoms with Crippen LogP contribution in [0.2, 0.25) is 0 Å². The predicted octanol–water partition coefficient (Wildman–Crippen LogP) is 2.44. The van der Waals surface area contributed by atoms with E-state index in [4.69, 9.17) is 18.9 Å². The Bertz CT molecular complexity index is 481. The summed E-state index contributed by atoms with van der Waals surface area (Å²) in [5, 5.41) is 0. The van der Waals surface area contributed by atoms with Gasteiger partial charge < -0.3 is 18.9 Å². The number of carbonyl (C=O) groups is 1. The number of hydrogen-bond acceptors (Lipinski definition) is 5. The Hall–Kier alpha value is -2.01. The van der Waals surface area contributed by atoms with Gasteiger partial charge in [-0.1, -0.05) is 0 Å². The first-order chi connectivity index (χ1) is 10.2. The average Bonchev–Trinajstić information content (AvgIpc) is 3.03. The van der Waals surface area contributed by atoms with Gasteiger partial charge in [0.15, 0.2) is 0 Å².